The molecule has 2 unspecified atom stereocenters. The summed E-state index contributed by atoms with van der Waals surface area (Å²) in [7, 11) is 3.75. The van der Waals surface area contributed by atoms with Crippen molar-refractivity contribution in [2.75, 3.05) is 27.2 Å². The summed E-state index contributed by atoms with van der Waals surface area (Å²) >= 11 is 0. The van der Waals surface area contributed by atoms with E-state index in [1.54, 1.807) is 0 Å². The minimum Gasteiger partial charge on any atom is -0.468 e. The van der Waals surface area contributed by atoms with Crippen molar-refractivity contribution in [3.63, 3.8) is 0 Å². The van der Waals surface area contributed by atoms with Gasteiger partial charge in [0.2, 0.25) is 0 Å². The predicted molar refractivity (Wildman–Crippen MR) is 71.3 cm³/mol. The van der Waals surface area contributed by atoms with Crippen molar-refractivity contribution in [1.82, 2.24) is 10.2 Å². The Morgan fingerprint density at radius 3 is 3.11 bits per heavy atom. The van der Waals surface area contributed by atoms with Gasteiger partial charge in [0.15, 0.2) is 0 Å². The molecule has 4 nitrogen and oxygen atoms in total. The monoisotopic (exact) mass is 252 g/mol. The molecule has 0 saturated carbocycles. The first kappa shape index (κ1) is 13.6. The number of hydrogen-bond acceptors (Lipinski definition) is 4. The van der Waals surface area contributed by atoms with E-state index in [0.29, 0.717) is 12.0 Å². The molecule has 102 valence electrons. The predicted octanol–water partition coefficient (Wildman–Crippen LogP) is 1.86. The van der Waals surface area contributed by atoms with Crippen LogP contribution >= 0.6 is 0 Å². The summed E-state index contributed by atoms with van der Waals surface area (Å²) in [4.78, 5) is 2.41. The van der Waals surface area contributed by atoms with Crippen LogP contribution in [0.3, 0.4) is 0 Å². The summed E-state index contributed by atoms with van der Waals surface area (Å²) in [6, 6.07) is 2.14. The lowest BCUT2D eigenvalue weighted by atomic mass is 9.96. The smallest absolute Gasteiger partial charge is 0.118 e. The summed E-state index contributed by atoms with van der Waals surface area (Å²) in [5.41, 5.74) is 1.21. The molecule has 0 radical (unpaired) electrons. The Morgan fingerprint density at radius 2 is 2.39 bits per heavy atom. The van der Waals surface area contributed by atoms with Crippen molar-refractivity contribution in [2.45, 2.75) is 32.5 Å². The maximum atomic E-state index is 5.59. The van der Waals surface area contributed by atoms with Crippen LogP contribution in [0.2, 0.25) is 0 Å². The first-order valence-corrected chi connectivity index (χ1v) is 6.69. The second-order valence-corrected chi connectivity index (χ2v) is 5.23. The molecule has 4 heteroatoms. The summed E-state index contributed by atoms with van der Waals surface area (Å²) < 4.78 is 11.1. The van der Waals surface area contributed by atoms with Crippen LogP contribution in [-0.2, 0) is 17.8 Å². The highest BCUT2D eigenvalue weighted by molar-refractivity contribution is 5.12. The third-order valence-electron chi connectivity index (χ3n) is 3.74. The maximum Gasteiger partial charge on any atom is 0.118 e. The molecule has 0 aromatic carbocycles. The van der Waals surface area contributed by atoms with Crippen molar-refractivity contribution < 1.29 is 9.15 Å². The van der Waals surface area contributed by atoms with E-state index in [1.807, 2.05) is 20.4 Å². The van der Waals surface area contributed by atoms with E-state index in [9.17, 15) is 0 Å². The molecular weight excluding hydrogens is 228 g/mol. The Bertz CT molecular complexity index is 364. The maximum absolute atomic E-state index is 5.59. The Hall–Kier alpha value is -0.840. The molecule has 1 aliphatic rings. The van der Waals surface area contributed by atoms with E-state index in [4.69, 9.17) is 9.15 Å². The zero-order valence-corrected chi connectivity index (χ0v) is 11.6. The quantitative estimate of drug-likeness (QED) is 0.868. The van der Waals surface area contributed by atoms with Crippen molar-refractivity contribution >= 4 is 0 Å². The van der Waals surface area contributed by atoms with Crippen molar-refractivity contribution in [3.05, 3.63) is 23.7 Å². The number of piperidine rings is 1. The van der Waals surface area contributed by atoms with Gasteiger partial charge in [0, 0.05) is 25.8 Å². The highest BCUT2D eigenvalue weighted by Gasteiger charge is 2.26. The molecule has 1 aromatic rings. The van der Waals surface area contributed by atoms with E-state index < -0.39 is 0 Å². The number of nitrogens with zero attached hydrogens (tertiary/aromatic N) is 1. The summed E-state index contributed by atoms with van der Waals surface area (Å²) in [6.45, 7) is 6.14. The number of nitrogens with one attached hydrogen (secondary N) is 1. The van der Waals surface area contributed by atoms with E-state index >= 15 is 0 Å². The number of methoxy groups -OCH3 is 1. The van der Waals surface area contributed by atoms with E-state index in [1.165, 1.54) is 12.0 Å². The van der Waals surface area contributed by atoms with E-state index in [2.05, 4.69) is 23.2 Å². The average molecular weight is 252 g/mol. The number of furan rings is 1. The Kier molecular flexibility index (Phi) is 4.80. The molecule has 1 saturated heterocycles. The van der Waals surface area contributed by atoms with Gasteiger partial charge in [-0.1, -0.05) is 6.92 Å². The van der Waals surface area contributed by atoms with Crippen LogP contribution in [0.15, 0.2) is 16.7 Å². The fraction of sp³-hybridized carbons (Fsp3) is 0.714. The van der Waals surface area contributed by atoms with Gasteiger partial charge >= 0.3 is 0 Å². The fourth-order valence-corrected chi connectivity index (χ4v) is 2.57. The minimum absolute atomic E-state index is 0.352. The van der Waals surface area contributed by atoms with E-state index in [-0.39, 0.29) is 0 Å². The molecule has 18 heavy (non-hydrogen) atoms. The molecule has 1 N–H and O–H groups in total. The largest absolute Gasteiger partial charge is 0.468 e. The summed E-state index contributed by atoms with van der Waals surface area (Å²) in [5.74, 6) is 1.70. The zero-order valence-electron chi connectivity index (χ0n) is 11.6. The number of likely N-dealkylation sites (tertiary alicyclic amines) is 1. The molecule has 0 aliphatic carbocycles. The third kappa shape index (κ3) is 3.34. The van der Waals surface area contributed by atoms with Crippen LogP contribution in [0.5, 0.6) is 0 Å². The third-order valence-corrected chi connectivity index (χ3v) is 3.74. The highest BCUT2D eigenvalue weighted by Crippen LogP contribution is 2.21. The van der Waals surface area contributed by atoms with Crippen molar-refractivity contribution in [2.24, 2.45) is 5.92 Å². The summed E-state index contributed by atoms with van der Waals surface area (Å²) in [5, 5.41) is 3.13. The fourth-order valence-electron chi connectivity index (χ4n) is 2.57. The Balaban J connectivity index is 1.88. The molecule has 0 bridgehead atoms. The molecule has 2 heterocycles. The lowest BCUT2D eigenvalue weighted by Crippen LogP contribution is -2.43. The van der Waals surface area contributed by atoms with Gasteiger partial charge in [0.05, 0.1) is 18.9 Å². The van der Waals surface area contributed by atoms with Gasteiger partial charge < -0.3 is 14.5 Å². The second-order valence-electron chi connectivity index (χ2n) is 5.23. The van der Waals surface area contributed by atoms with Gasteiger partial charge in [-0.15, -0.1) is 0 Å². The molecule has 1 fully saturated rings. The van der Waals surface area contributed by atoms with Crippen LogP contribution in [0.4, 0.5) is 0 Å². The molecule has 2 rings (SSSR count). The minimum atomic E-state index is 0.352. The second kappa shape index (κ2) is 6.36. The summed E-state index contributed by atoms with van der Waals surface area (Å²) in [6.07, 6.45) is 3.39. The van der Waals surface area contributed by atoms with Gasteiger partial charge in [-0.25, -0.2) is 0 Å². The van der Waals surface area contributed by atoms with Gasteiger partial charge in [-0.3, -0.25) is 4.90 Å². The molecule has 0 amide bonds. The SMILES string of the molecule is CNCc1coc(CN2CCC(C)C(OC)C2)c1. The van der Waals surface area contributed by atoms with Gasteiger partial charge in [0.25, 0.3) is 0 Å². The lowest BCUT2D eigenvalue weighted by molar-refractivity contribution is -0.00916. The Labute approximate surface area is 109 Å². The van der Waals surface area contributed by atoms with Crippen LogP contribution < -0.4 is 5.32 Å². The zero-order chi connectivity index (χ0) is 13.0. The van der Waals surface area contributed by atoms with Crippen LogP contribution in [0, 0.1) is 5.92 Å². The van der Waals surface area contributed by atoms with Crippen molar-refractivity contribution in [3.8, 4) is 0 Å². The number of rotatable bonds is 5. The molecule has 1 aromatic heterocycles. The first-order valence-electron chi connectivity index (χ1n) is 6.69. The lowest BCUT2D eigenvalue weighted by Gasteiger charge is -2.35. The van der Waals surface area contributed by atoms with E-state index in [0.717, 1.165) is 31.9 Å². The number of hydrogen-bond donors (Lipinski definition) is 1. The normalized spacial score (nSPS) is 25.5. The molecule has 1 aliphatic heterocycles. The number of ether oxygens (including phenoxy) is 1. The van der Waals surface area contributed by atoms with Gasteiger partial charge in [0.1, 0.15) is 5.76 Å². The van der Waals surface area contributed by atoms with Gasteiger partial charge in [-0.2, -0.15) is 0 Å². The standard InChI is InChI=1S/C14H24N2O2/c1-11-4-5-16(9-14(11)17-3)8-13-6-12(7-15-2)10-18-13/h6,10-11,14-15H,4-5,7-9H2,1-3H3. The molecular formula is C14H24N2O2. The highest BCUT2D eigenvalue weighted by atomic mass is 16.5. The van der Waals surface area contributed by atoms with Crippen LogP contribution in [-0.4, -0.2) is 38.3 Å². The molecule has 2 atom stereocenters. The first-order chi connectivity index (χ1) is 8.72. The van der Waals surface area contributed by atoms with Crippen LogP contribution in [0.1, 0.15) is 24.7 Å². The van der Waals surface area contributed by atoms with Crippen molar-refractivity contribution in [1.29, 1.82) is 0 Å². The van der Waals surface area contributed by atoms with Crippen LogP contribution in [0.25, 0.3) is 0 Å². The topological polar surface area (TPSA) is 37.6 Å². The molecule has 0 spiro atoms. The Morgan fingerprint density at radius 1 is 1.56 bits per heavy atom. The van der Waals surface area contributed by atoms with Gasteiger partial charge in [-0.05, 0) is 32.0 Å². The average Bonchev–Trinajstić information content (AvgIpc) is 2.80.